The van der Waals surface area contributed by atoms with Crippen LogP contribution >= 0.6 is 0 Å². The van der Waals surface area contributed by atoms with E-state index < -0.39 is 17.7 Å². The molecule has 3 nitrogen and oxygen atoms in total. The summed E-state index contributed by atoms with van der Waals surface area (Å²) in [5, 5.41) is 9.57. The molecular weight excluding hydrogens is 274 g/mol. The topological polar surface area (TPSA) is 49.5 Å². The van der Waals surface area contributed by atoms with Crippen LogP contribution in [0.2, 0.25) is 0 Å². The van der Waals surface area contributed by atoms with E-state index >= 15 is 0 Å². The van der Waals surface area contributed by atoms with Crippen LogP contribution < -0.4 is 5.73 Å². The van der Waals surface area contributed by atoms with Crippen LogP contribution in [0.5, 0.6) is 0 Å². The Labute approximate surface area is 124 Å². The molecule has 0 amide bonds. The molecule has 2 rings (SSSR count). The predicted octanol–water partition coefficient (Wildman–Crippen LogP) is 2.45. The number of benzene rings is 1. The number of piperidine rings is 1. The van der Waals surface area contributed by atoms with E-state index in [1.54, 1.807) is 6.07 Å². The first kappa shape index (κ1) is 16.3. The zero-order chi connectivity index (χ0) is 15.4. The maximum Gasteiger partial charge on any atom is 0.163 e. The monoisotopic (exact) mass is 298 g/mol. The molecule has 0 aliphatic carbocycles. The Balaban J connectivity index is 1.82. The second-order valence-corrected chi connectivity index (χ2v) is 5.96. The molecule has 1 heterocycles. The summed E-state index contributed by atoms with van der Waals surface area (Å²) < 4.78 is 26.8. The summed E-state index contributed by atoms with van der Waals surface area (Å²) >= 11 is 0. The second kappa shape index (κ2) is 7.29. The van der Waals surface area contributed by atoms with Gasteiger partial charge >= 0.3 is 0 Å². The third-order valence-corrected chi connectivity index (χ3v) is 4.45. The van der Waals surface area contributed by atoms with Gasteiger partial charge < -0.3 is 15.7 Å². The van der Waals surface area contributed by atoms with Crippen molar-refractivity contribution in [1.29, 1.82) is 0 Å². The highest BCUT2D eigenvalue weighted by atomic mass is 19.2. The van der Waals surface area contributed by atoms with E-state index in [4.69, 9.17) is 5.73 Å². The van der Waals surface area contributed by atoms with Crippen molar-refractivity contribution in [3.8, 4) is 0 Å². The Hall–Kier alpha value is -1.04. The Bertz CT molecular complexity index is 460. The molecular formula is C16H24F2N2O. The van der Waals surface area contributed by atoms with Crippen molar-refractivity contribution in [1.82, 2.24) is 4.90 Å². The average molecular weight is 298 g/mol. The molecule has 2 atom stereocenters. The van der Waals surface area contributed by atoms with Gasteiger partial charge in [0.25, 0.3) is 0 Å². The summed E-state index contributed by atoms with van der Waals surface area (Å²) in [5.74, 6) is -1.31. The van der Waals surface area contributed by atoms with Gasteiger partial charge in [0.15, 0.2) is 11.6 Å². The SMILES string of the molecule is CC(O)C1CCN(CCC(N)c2cccc(F)c2F)CC1. The zero-order valence-corrected chi connectivity index (χ0v) is 12.4. The number of aliphatic hydroxyl groups excluding tert-OH is 1. The molecule has 0 saturated carbocycles. The van der Waals surface area contributed by atoms with Crippen LogP contribution in [0.25, 0.3) is 0 Å². The van der Waals surface area contributed by atoms with Gasteiger partial charge in [0, 0.05) is 11.6 Å². The van der Waals surface area contributed by atoms with Crippen LogP contribution in [0.1, 0.15) is 37.8 Å². The number of hydrogen-bond acceptors (Lipinski definition) is 3. The van der Waals surface area contributed by atoms with Crippen molar-refractivity contribution < 1.29 is 13.9 Å². The minimum atomic E-state index is -0.847. The van der Waals surface area contributed by atoms with Gasteiger partial charge in [-0.15, -0.1) is 0 Å². The van der Waals surface area contributed by atoms with E-state index in [0.29, 0.717) is 12.3 Å². The van der Waals surface area contributed by atoms with Crippen molar-refractivity contribution in [2.75, 3.05) is 19.6 Å². The standard InChI is InChI=1S/C16H24F2N2O/c1-11(21)12-5-8-20(9-6-12)10-7-15(19)13-3-2-4-14(17)16(13)18/h2-4,11-12,15,21H,5-10,19H2,1H3. The first-order chi connectivity index (χ1) is 9.99. The fraction of sp³-hybridized carbons (Fsp3) is 0.625. The van der Waals surface area contributed by atoms with E-state index in [2.05, 4.69) is 4.90 Å². The molecule has 0 spiro atoms. The third-order valence-electron chi connectivity index (χ3n) is 4.45. The number of aliphatic hydroxyl groups is 1. The van der Waals surface area contributed by atoms with Crippen molar-refractivity contribution in [3.05, 3.63) is 35.4 Å². The van der Waals surface area contributed by atoms with Crippen LogP contribution in [0, 0.1) is 17.6 Å². The fourth-order valence-corrected chi connectivity index (χ4v) is 2.94. The average Bonchev–Trinajstić information content (AvgIpc) is 2.48. The van der Waals surface area contributed by atoms with Crippen LogP contribution in [0.15, 0.2) is 18.2 Å². The number of halogens is 2. The number of nitrogens with two attached hydrogens (primary N) is 1. The fourth-order valence-electron chi connectivity index (χ4n) is 2.94. The zero-order valence-electron chi connectivity index (χ0n) is 12.4. The summed E-state index contributed by atoms with van der Waals surface area (Å²) in [6.45, 7) is 4.45. The second-order valence-electron chi connectivity index (χ2n) is 5.96. The molecule has 1 aromatic rings. The van der Waals surface area contributed by atoms with Crippen LogP contribution in [0.4, 0.5) is 8.78 Å². The van der Waals surface area contributed by atoms with Crippen LogP contribution in [-0.4, -0.2) is 35.7 Å². The minimum absolute atomic E-state index is 0.244. The number of rotatable bonds is 5. The number of hydrogen-bond donors (Lipinski definition) is 2. The molecule has 1 fully saturated rings. The van der Waals surface area contributed by atoms with Crippen molar-refractivity contribution >= 4 is 0 Å². The Kier molecular flexibility index (Phi) is 5.67. The summed E-state index contributed by atoms with van der Waals surface area (Å²) in [7, 11) is 0. The lowest BCUT2D eigenvalue weighted by Crippen LogP contribution is -2.38. The van der Waals surface area contributed by atoms with Gasteiger partial charge in [0.1, 0.15) is 0 Å². The highest BCUT2D eigenvalue weighted by molar-refractivity contribution is 5.22. The molecule has 1 aromatic carbocycles. The molecule has 0 bridgehead atoms. The molecule has 0 radical (unpaired) electrons. The van der Waals surface area contributed by atoms with E-state index in [-0.39, 0.29) is 11.7 Å². The van der Waals surface area contributed by atoms with Gasteiger partial charge in [-0.3, -0.25) is 0 Å². The van der Waals surface area contributed by atoms with Gasteiger partial charge in [0.2, 0.25) is 0 Å². The first-order valence-electron chi connectivity index (χ1n) is 7.59. The van der Waals surface area contributed by atoms with Gasteiger partial charge in [-0.1, -0.05) is 12.1 Å². The molecule has 1 aliphatic heterocycles. The van der Waals surface area contributed by atoms with Gasteiger partial charge in [-0.05, 0) is 57.8 Å². The summed E-state index contributed by atoms with van der Waals surface area (Å²) in [4.78, 5) is 2.27. The van der Waals surface area contributed by atoms with Crippen LogP contribution in [-0.2, 0) is 0 Å². The lowest BCUT2D eigenvalue weighted by atomic mass is 9.92. The van der Waals surface area contributed by atoms with Gasteiger partial charge in [-0.2, -0.15) is 0 Å². The smallest absolute Gasteiger partial charge is 0.163 e. The van der Waals surface area contributed by atoms with E-state index in [1.807, 2.05) is 6.92 Å². The Morgan fingerprint density at radius 3 is 2.62 bits per heavy atom. The van der Waals surface area contributed by atoms with Crippen molar-refractivity contribution in [2.45, 2.75) is 38.3 Å². The highest BCUT2D eigenvalue weighted by Gasteiger charge is 2.23. The normalized spacial score (nSPS) is 20.4. The highest BCUT2D eigenvalue weighted by Crippen LogP contribution is 2.23. The van der Waals surface area contributed by atoms with E-state index in [0.717, 1.165) is 38.5 Å². The summed E-state index contributed by atoms with van der Waals surface area (Å²) in [5.41, 5.74) is 6.23. The summed E-state index contributed by atoms with van der Waals surface area (Å²) in [6, 6.07) is 3.65. The molecule has 118 valence electrons. The maximum atomic E-state index is 13.7. The Morgan fingerprint density at radius 1 is 1.33 bits per heavy atom. The molecule has 0 aromatic heterocycles. The Morgan fingerprint density at radius 2 is 2.00 bits per heavy atom. The van der Waals surface area contributed by atoms with Crippen molar-refractivity contribution in [3.63, 3.8) is 0 Å². The number of nitrogens with zero attached hydrogens (tertiary/aromatic N) is 1. The molecule has 1 saturated heterocycles. The predicted molar refractivity (Wildman–Crippen MR) is 78.7 cm³/mol. The largest absolute Gasteiger partial charge is 0.393 e. The van der Waals surface area contributed by atoms with Gasteiger partial charge in [0.05, 0.1) is 6.10 Å². The molecule has 2 unspecified atom stereocenters. The van der Waals surface area contributed by atoms with E-state index in [1.165, 1.54) is 6.07 Å². The number of likely N-dealkylation sites (tertiary alicyclic amines) is 1. The summed E-state index contributed by atoms with van der Waals surface area (Å²) in [6.07, 6.45) is 2.29. The molecule has 21 heavy (non-hydrogen) atoms. The first-order valence-corrected chi connectivity index (χ1v) is 7.59. The maximum absolute atomic E-state index is 13.7. The third kappa shape index (κ3) is 4.22. The lowest BCUT2D eigenvalue weighted by molar-refractivity contribution is 0.0709. The molecule has 1 aliphatic rings. The quantitative estimate of drug-likeness (QED) is 0.878. The van der Waals surface area contributed by atoms with Crippen molar-refractivity contribution in [2.24, 2.45) is 11.7 Å². The van der Waals surface area contributed by atoms with E-state index in [9.17, 15) is 13.9 Å². The van der Waals surface area contributed by atoms with Crippen LogP contribution in [0.3, 0.4) is 0 Å². The lowest BCUT2D eigenvalue weighted by Gasteiger charge is -2.33. The minimum Gasteiger partial charge on any atom is -0.393 e. The molecule has 3 N–H and O–H groups in total. The molecule has 5 heteroatoms. The van der Waals surface area contributed by atoms with Gasteiger partial charge in [-0.25, -0.2) is 8.78 Å².